The van der Waals surface area contributed by atoms with Gasteiger partial charge in [0.1, 0.15) is 5.75 Å². The van der Waals surface area contributed by atoms with Crippen molar-refractivity contribution in [2.45, 2.75) is 56.0 Å². The topological polar surface area (TPSA) is 56.2 Å². The van der Waals surface area contributed by atoms with Crippen molar-refractivity contribution < 1.29 is 9.53 Å². The maximum absolute atomic E-state index is 12.6. The summed E-state index contributed by atoms with van der Waals surface area (Å²) in [6, 6.07) is 8.12. The fourth-order valence-corrected chi connectivity index (χ4v) is 4.27. The third-order valence-corrected chi connectivity index (χ3v) is 6.11. The summed E-state index contributed by atoms with van der Waals surface area (Å²) in [5.74, 6) is 1.45. The second kappa shape index (κ2) is 8.62. The lowest BCUT2D eigenvalue weighted by Gasteiger charge is -2.30. The van der Waals surface area contributed by atoms with E-state index in [0.29, 0.717) is 12.0 Å². The first-order valence-electron chi connectivity index (χ1n) is 9.23. The highest BCUT2D eigenvalue weighted by Crippen LogP contribution is 2.28. The molecule has 1 N–H and O–H groups in total. The normalized spacial score (nSPS) is 21.2. The molecule has 1 amide bonds. The summed E-state index contributed by atoms with van der Waals surface area (Å²) in [6.07, 6.45) is 8.43. The van der Waals surface area contributed by atoms with E-state index in [4.69, 9.17) is 4.74 Å². The first kappa shape index (κ1) is 18.8. The van der Waals surface area contributed by atoms with E-state index in [1.54, 1.807) is 13.3 Å². The molecule has 0 spiro atoms. The van der Waals surface area contributed by atoms with Crippen molar-refractivity contribution in [3.8, 4) is 11.4 Å². The fraction of sp³-hybridized carbons (Fsp3) is 0.500. The van der Waals surface area contributed by atoms with Gasteiger partial charge in [0.25, 0.3) is 0 Å². The van der Waals surface area contributed by atoms with Gasteiger partial charge in [0.15, 0.2) is 5.16 Å². The predicted molar refractivity (Wildman–Crippen MR) is 105 cm³/mol. The maximum atomic E-state index is 12.6. The van der Waals surface area contributed by atoms with Gasteiger partial charge in [-0.15, -0.1) is 0 Å². The van der Waals surface area contributed by atoms with E-state index in [-0.39, 0.29) is 11.2 Å². The molecule has 1 aromatic heterocycles. The van der Waals surface area contributed by atoms with Gasteiger partial charge in [-0.3, -0.25) is 9.36 Å². The Hall–Kier alpha value is -1.95. The highest BCUT2D eigenvalue weighted by molar-refractivity contribution is 8.00. The van der Waals surface area contributed by atoms with E-state index >= 15 is 0 Å². The number of ether oxygens (including phenoxy) is 1. The molecule has 5 nitrogen and oxygen atoms in total. The molecule has 26 heavy (non-hydrogen) atoms. The van der Waals surface area contributed by atoms with Gasteiger partial charge in [0.05, 0.1) is 18.0 Å². The number of carbonyl (C=O) groups is 1. The third kappa shape index (κ3) is 4.41. The number of imidazole rings is 1. The lowest BCUT2D eigenvalue weighted by Crippen LogP contribution is -2.44. The molecule has 3 atom stereocenters. The van der Waals surface area contributed by atoms with Crippen LogP contribution in [0.25, 0.3) is 5.69 Å². The van der Waals surface area contributed by atoms with Crippen molar-refractivity contribution in [3.05, 3.63) is 36.7 Å². The molecule has 1 aliphatic carbocycles. The van der Waals surface area contributed by atoms with Crippen molar-refractivity contribution in [1.82, 2.24) is 14.9 Å². The number of thioether (sulfide) groups is 1. The molecular formula is C20H27N3O2S. The van der Waals surface area contributed by atoms with Gasteiger partial charge in [-0.05, 0) is 37.8 Å². The molecule has 3 rings (SSSR count). The van der Waals surface area contributed by atoms with E-state index in [1.165, 1.54) is 31.0 Å². The average Bonchev–Trinajstić information content (AvgIpc) is 3.11. The van der Waals surface area contributed by atoms with Crippen molar-refractivity contribution in [2.24, 2.45) is 5.92 Å². The molecule has 0 aliphatic heterocycles. The van der Waals surface area contributed by atoms with E-state index in [2.05, 4.69) is 17.2 Å². The standard InChI is InChI=1S/C20H27N3O2S/c1-14-7-4-5-10-18(14)22-19(24)15(2)26-20-21-11-12-23(20)16-8-6-9-17(13-16)25-3/h6,8-9,11-15,18H,4-5,7,10H2,1-3H3,(H,22,24). The number of aromatic nitrogens is 2. The van der Waals surface area contributed by atoms with Crippen LogP contribution in [-0.2, 0) is 4.79 Å². The Kier molecular flexibility index (Phi) is 6.25. The minimum absolute atomic E-state index is 0.0916. The van der Waals surface area contributed by atoms with Gasteiger partial charge in [-0.1, -0.05) is 37.6 Å². The summed E-state index contributed by atoms with van der Waals surface area (Å²) >= 11 is 1.48. The molecule has 1 fully saturated rings. The number of methoxy groups -OCH3 is 1. The number of rotatable bonds is 6. The molecular weight excluding hydrogens is 346 g/mol. The summed E-state index contributed by atoms with van der Waals surface area (Å²) < 4.78 is 7.29. The third-order valence-electron chi connectivity index (χ3n) is 5.03. The molecule has 1 aromatic carbocycles. The number of carbonyl (C=O) groups excluding carboxylic acids is 1. The number of amides is 1. The van der Waals surface area contributed by atoms with Crippen molar-refractivity contribution in [1.29, 1.82) is 0 Å². The van der Waals surface area contributed by atoms with Gasteiger partial charge in [-0.2, -0.15) is 0 Å². The fourth-order valence-electron chi connectivity index (χ4n) is 3.38. The molecule has 140 valence electrons. The summed E-state index contributed by atoms with van der Waals surface area (Å²) in [4.78, 5) is 17.1. The Morgan fingerprint density at radius 1 is 1.38 bits per heavy atom. The van der Waals surface area contributed by atoms with Crippen LogP contribution in [-0.4, -0.2) is 33.9 Å². The highest BCUT2D eigenvalue weighted by Gasteiger charge is 2.26. The average molecular weight is 374 g/mol. The van der Waals surface area contributed by atoms with Gasteiger partial charge >= 0.3 is 0 Å². The van der Waals surface area contributed by atoms with Crippen LogP contribution in [0.15, 0.2) is 41.8 Å². The number of hydrogen-bond acceptors (Lipinski definition) is 4. The van der Waals surface area contributed by atoms with Crippen LogP contribution in [0.3, 0.4) is 0 Å². The zero-order valence-corrected chi connectivity index (χ0v) is 16.5. The smallest absolute Gasteiger partial charge is 0.233 e. The van der Waals surface area contributed by atoms with Gasteiger partial charge in [-0.25, -0.2) is 4.98 Å². The second-order valence-electron chi connectivity index (χ2n) is 6.92. The monoisotopic (exact) mass is 373 g/mol. The minimum atomic E-state index is -0.198. The van der Waals surface area contributed by atoms with Crippen LogP contribution < -0.4 is 10.1 Å². The van der Waals surface area contributed by atoms with Gasteiger partial charge in [0.2, 0.25) is 5.91 Å². The zero-order chi connectivity index (χ0) is 18.5. The number of nitrogens with zero attached hydrogens (tertiary/aromatic N) is 2. The highest BCUT2D eigenvalue weighted by atomic mass is 32.2. The van der Waals surface area contributed by atoms with Crippen LogP contribution in [0, 0.1) is 5.92 Å². The first-order valence-corrected chi connectivity index (χ1v) is 10.1. The van der Waals surface area contributed by atoms with Gasteiger partial charge in [0, 0.05) is 24.5 Å². The molecule has 1 heterocycles. The zero-order valence-electron chi connectivity index (χ0n) is 15.6. The maximum Gasteiger partial charge on any atom is 0.233 e. The number of nitrogens with one attached hydrogen (secondary N) is 1. The summed E-state index contributed by atoms with van der Waals surface area (Å²) in [6.45, 7) is 4.18. The van der Waals surface area contributed by atoms with E-state index in [0.717, 1.165) is 23.0 Å². The van der Waals surface area contributed by atoms with Crippen LogP contribution in [0.2, 0.25) is 0 Å². The van der Waals surface area contributed by atoms with Crippen molar-refractivity contribution in [3.63, 3.8) is 0 Å². The van der Waals surface area contributed by atoms with Crippen LogP contribution in [0.1, 0.15) is 39.5 Å². The Morgan fingerprint density at radius 2 is 2.19 bits per heavy atom. The predicted octanol–water partition coefficient (Wildman–Crippen LogP) is 4.06. The Labute approximate surface area is 159 Å². The molecule has 0 bridgehead atoms. The molecule has 0 saturated heterocycles. The summed E-state index contributed by atoms with van der Waals surface area (Å²) in [7, 11) is 1.65. The second-order valence-corrected chi connectivity index (χ2v) is 8.23. The Bertz CT molecular complexity index is 746. The Morgan fingerprint density at radius 3 is 2.96 bits per heavy atom. The van der Waals surface area contributed by atoms with Gasteiger partial charge < -0.3 is 10.1 Å². The van der Waals surface area contributed by atoms with Crippen molar-refractivity contribution in [2.75, 3.05) is 7.11 Å². The lowest BCUT2D eigenvalue weighted by atomic mass is 9.86. The quantitative estimate of drug-likeness (QED) is 0.776. The summed E-state index contributed by atoms with van der Waals surface area (Å²) in [5, 5.41) is 3.85. The first-order chi connectivity index (χ1) is 12.6. The molecule has 3 unspecified atom stereocenters. The Balaban J connectivity index is 1.67. The number of hydrogen-bond donors (Lipinski definition) is 1. The molecule has 6 heteroatoms. The minimum Gasteiger partial charge on any atom is -0.497 e. The van der Waals surface area contributed by atoms with Crippen LogP contribution in [0.4, 0.5) is 0 Å². The lowest BCUT2D eigenvalue weighted by molar-refractivity contribution is -0.121. The van der Waals surface area contributed by atoms with E-state index < -0.39 is 0 Å². The van der Waals surface area contributed by atoms with E-state index in [1.807, 2.05) is 42.0 Å². The molecule has 2 aromatic rings. The molecule has 1 aliphatic rings. The van der Waals surface area contributed by atoms with E-state index in [9.17, 15) is 4.79 Å². The summed E-state index contributed by atoms with van der Waals surface area (Å²) in [5.41, 5.74) is 0.970. The van der Waals surface area contributed by atoms with Crippen LogP contribution in [0.5, 0.6) is 5.75 Å². The largest absolute Gasteiger partial charge is 0.497 e. The van der Waals surface area contributed by atoms with Crippen LogP contribution >= 0.6 is 11.8 Å². The SMILES string of the molecule is COc1cccc(-n2ccnc2SC(C)C(=O)NC2CCCCC2C)c1. The molecule has 1 saturated carbocycles. The van der Waals surface area contributed by atoms with Crippen molar-refractivity contribution >= 4 is 17.7 Å². The number of benzene rings is 1. The molecule has 0 radical (unpaired) electrons.